The maximum atomic E-state index is 3.25. The van der Waals surface area contributed by atoms with Crippen LogP contribution >= 0.6 is 11.8 Å². The van der Waals surface area contributed by atoms with Crippen LogP contribution in [0.5, 0.6) is 0 Å². The van der Waals surface area contributed by atoms with Crippen molar-refractivity contribution in [3.8, 4) is 23.0 Å². The average Bonchev–Trinajstić information content (AvgIpc) is 2.61. The standard InChI is InChI=1S/C21H16S/c1-22-21-16-18(13-12-17-8-4-2-5-9-17)14-15-20(21)19-10-6-3-7-11-19/h2-11,14-16H,1H3. The van der Waals surface area contributed by atoms with E-state index in [0.717, 1.165) is 11.1 Å². The minimum absolute atomic E-state index is 1.04. The molecule has 0 aliphatic carbocycles. The molecule has 3 aromatic rings. The molecule has 0 bridgehead atoms. The summed E-state index contributed by atoms with van der Waals surface area (Å²) in [6.07, 6.45) is 2.11. The zero-order valence-electron chi connectivity index (χ0n) is 12.4. The van der Waals surface area contributed by atoms with Crippen molar-refractivity contribution in [3.05, 3.63) is 90.0 Å². The van der Waals surface area contributed by atoms with Gasteiger partial charge in [-0.05, 0) is 41.6 Å². The number of hydrogen-bond donors (Lipinski definition) is 0. The first kappa shape index (κ1) is 14.5. The molecular formula is C21H16S. The van der Waals surface area contributed by atoms with Gasteiger partial charge in [0.2, 0.25) is 0 Å². The molecule has 0 fully saturated rings. The molecule has 0 heterocycles. The van der Waals surface area contributed by atoms with Crippen LogP contribution in [0, 0.1) is 11.8 Å². The van der Waals surface area contributed by atoms with Crippen molar-refractivity contribution in [2.45, 2.75) is 4.90 Å². The van der Waals surface area contributed by atoms with Crippen molar-refractivity contribution in [2.75, 3.05) is 6.26 Å². The highest BCUT2D eigenvalue weighted by Crippen LogP contribution is 2.30. The van der Waals surface area contributed by atoms with Gasteiger partial charge in [-0.25, -0.2) is 0 Å². The summed E-state index contributed by atoms with van der Waals surface area (Å²) >= 11 is 1.76. The van der Waals surface area contributed by atoms with Gasteiger partial charge < -0.3 is 0 Å². The van der Waals surface area contributed by atoms with Gasteiger partial charge in [0.15, 0.2) is 0 Å². The van der Waals surface area contributed by atoms with E-state index in [2.05, 4.69) is 60.6 Å². The molecule has 0 amide bonds. The van der Waals surface area contributed by atoms with Crippen LogP contribution in [-0.2, 0) is 0 Å². The summed E-state index contributed by atoms with van der Waals surface area (Å²) in [7, 11) is 0. The molecule has 0 radical (unpaired) electrons. The Morgan fingerprint density at radius 1 is 0.682 bits per heavy atom. The third kappa shape index (κ3) is 3.42. The second-order valence-corrected chi connectivity index (χ2v) is 5.75. The topological polar surface area (TPSA) is 0 Å². The fourth-order valence-electron chi connectivity index (χ4n) is 2.29. The lowest BCUT2D eigenvalue weighted by Gasteiger charge is -2.08. The van der Waals surface area contributed by atoms with E-state index in [4.69, 9.17) is 0 Å². The molecule has 0 atom stereocenters. The van der Waals surface area contributed by atoms with E-state index in [1.807, 2.05) is 36.4 Å². The Morgan fingerprint density at radius 2 is 1.32 bits per heavy atom. The van der Waals surface area contributed by atoms with Gasteiger partial charge in [0.1, 0.15) is 0 Å². The number of thioether (sulfide) groups is 1. The van der Waals surface area contributed by atoms with Crippen LogP contribution in [0.3, 0.4) is 0 Å². The lowest BCUT2D eigenvalue weighted by molar-refractivity contribution is 1.43. The molecule has 0 aliphatic rings. The first-order chi connectivity index (χ1) is 10.9. The van der Waals surface area contributed by atoms with Gasteiger partial charge in [0.25, 0.3) is 0 Å². The van der Waals surface area contributed by atoms with Gasteiger partial charge in [0.05, 0.1) is 0 Å². The Kier molecular flexibility index (Phi) is 4.63. The van der Waals surface area contributed by atoms with Crippen LogP contribution in [0.1, 0.15) is 11.1 Å². The molecule has 22 heavy (non-hydrogen) atoms. The lowest BCUT2D eigenvalue weighted by atomic mass is 10.0. The maximum absolute atomic E-state index is 3.25. The molecule has 0 saturated heterocycles. The third-order valence-electron chi connectivity index (χ3n) is 3.41. The fraction of sp³-hybridized carbons (Fsp3) is 0.0476. The predicted octanol–water partition coefficient (Wildman–Crippen LogP) is 5.48. The van der Waals surface area contributed by atoms with Gasteiger partial charge in [-0.1, -0.05) is 66.4 Å². The predicted molar refractivity (Wildman–Crippen MR) is 96.1 cm³/mol. The van der Waals surface area contributed by atoms with Crippen molar-refractivity contribution in [1.82, 2.24) is 0 Å². The Labute approximate surface area is 136 Å². The Hall–Kier alpha value is -2.43. The summed E-state index contributed by atoms with van der Waals surface area (Å²) in [6, 6.07) is 27.0. The summed E-state index contributed by atoms with van der Waals surface area (Å²) in [5.74, 6) is 6.46. The number of hydrogen-bond acceptors (Lipinski definition) is 1. The van der Waals surface area contributed by atoms with Crippen molar-refractivity contribution < 1.29 is 0 Å². The normalized spacial score (nSPS) is 9.86. The zero-order valence-corrected chi connectivity index (χ0v) is 13.2. The minimum Gasteiger partial charge on any atom is -0.129 e. The second-order valence-electron chi connectivity index (χ2n) is 4.90. The molecule has 1 heteroatoms. The van der Waals surface area contributed by atoms with Crippen LogP contribution in [-0.4, -0.2) is 6.26 Å². The third-order valence-corrected chi connectivity index (χ3v) is 4.19. The van der Waals surface area contributed by atoms with Gasteiger partial charge in [-0.2, -0.15) is 0 Å². The zero-order chi connectivity index (χ0) is 15.2. The van der Waals surface area contributed by atoms with Gasteiger partial charge in [-0.3, -0.25) is 0 Å². The molecule has 0 saturated carbocycles. The van der Waals surface area contributed by atoms with Crippen molar-refractivity contribution in [2.24, 2.45) is 0 Å². The van der Waals surface area contributed by atoms with Crippen LogP contribution in [0.25, 0.3) is 11.1 Å². The van der Waals surface area contributed by atoms with Crippen molar-refractivity contribution in [3.63, 3.8) is 0 Å². The van der Waals surface area contributed by atoms with E-state index < -0.39 is 0 Å². The highest BCUT2D eigenvalue weighted by atomic mass is 32.2. The SMILES string of the molecule is CSc1cc(C#Cc2ccccc2)ccc1-c1ccccc1. The van der Waals surface area contributed by atoms with E-state index in [-0.39, 0.29) is 0 Å². The molecule has 0 nitrogen and oxygen atoms in total. The monoisotopic (exact) mass is 300 g/mol. The first-order valence-electron chi connectivity index (χ1n) is 7.17. The highest BCUT2D eigenvalue weighted by molar-refractivity contribution is 7.98. The van der Waals surface area contributed by atoms with E-state index in [1.165, 1.54) is 16.0 Å². The largest absolute Gasteiger partial charge is 0.129 e. The molecule has 3 rings (SSSR count). The summed E-state index contributed by atoms with van der Waals surface area (Å²) < 4.78 is 0. The van der Waals surface area contributed by atoms with Gasteiger partial charge in [0, 0.05) is 16.0 Å². The molecule has 0 aliphatic heterocycles. The fourth-order valence-corrected chi connectivity index (χ4v) is 2.94. The molecule has 3 aromatic carbocycles. The van der Waals surface area contributed by atoms with Crippen LogP contribution in [0.2, 0.25) is 0 Å². The Balaban J connectivity index is 1.95. The molecule has 106 valence electrons. The molecule has 0 spiro atoms. The molecule has 0 unspecified atom stereocenters. The summed E-state index contributed by atoms with van der Waals surface area (Å²) in [6.45, 7) is 0. The van der Waals surface area contributed by atoms with Gasteiger partial charge >= 0.3 is 0 Å². The van der Waals surface area contributed by atoms with Gasteiger partial charge in [-0.15, -0.1) is 11.8 Å². The molecular weight excluding hydrogens is 284 g/mol. The average molecular weight is 300 g/mol. The molecule has 0 aromatic heterocycles. The first-order valence-corrected chi connectivity index (χ1v) is 8.40. The van der Waals surface area contributed by atoms with E-state index >= 15 is 0 Å². The maximum Gasteiger partial charge on any atom is 0.0260 e. The van der Waals surface area contributed by atoms with Crippen LogP contribution < -0.4 is 0 Å². The smallest absolute Gasteiger partial charge is 0.0260 e. The summed E-state index contributed by atoms with van der Waals surface area (Å²) in [4.78, 5) is 1.26. The van der Waals surface area contributed by atoms with Crippen molar-refractivity contribution in [1.29, 1.82) is 0 Å². The lowest BCUT2D eigenvalue weighted by Crippen LogP contribution is -1.84. The van der Waals surface area contributed by atoms with E-state index in [9.17, 15) is 0 Å². The van der Waals surface area contributed by atoms with Crippen molar-refractivity contribution >= 4 is 11.8 Å². The second kappa shape index (κ2) is 7.02. The Morgan fingerprint density at radius 3 is 2.00 bits per heavy atom. The van der Waals surface area contributed by atoms with E-state index in [1.54, 1.807) is 11.8 Å². The minimum atomic E-state index is 1.04. The number of benzene rings is 3. The molecule has 0 N–H and O–H groups in total. The quantitative estimate of drug-likeness (QED) is 0.446. The van der Waals surface area contributed by atoms with Crippen LogP contribution in [0.15, 0.2) is 83.8 Å². The number of rotatable bonds is 2. The summed E-state index contributed by atoms with van der Waals surface area (Å²) in [5, 5.41) is 0. The highest BCUT2D eigenvalue weighted by Gasteiger charge is 2.04. The Bertz CT molecular complexity index is 809. The van der Waals surface area contributed by atoms with E-state index in [0.29, 0.717) is 0 Å². The summed E-state index contributed by atoms with van der Waals surface area (Å²) in [5.41, 5.74) is 4.60. The van der Waals surface area contributed by atoms with Crippen LogP contribution in [0.4, 0.5) is 0 Å².